The molecule has 0 bridgehead atoms. The molecular weight excluding hydrogens is 224 g/mol. The van der Waals surface area contributed by atoms with Crippen LogP contribution in [0.15, 0.2) is 24.3 Å². The smallest absolute Gasteiger partial charge is 0.118 e. The monoisotopic (exact) mass is 248 g/mol. The molecule has 1 aliphatic heterocycles. The SMILES string of the molecule is CCC(NN1CCCCC1)c1ccc(OC)cc1. The highest BCUT2D eigenvalue weighted by molar-refractivity contribution is 5.29. The third kappa shape index (κ3) is 3.47. The molecule has 0 amide bonds. The molecule has 0 aliphatic carbocycles. The Morgan fingerprint density at radius 3 is 2.39 bits per heavy atom. The van der Waals surface area contributed by atoms with E-state index in [1.54, 1.807) is 7.11 Å². The molecule has 0 spiro atoms. The highest BCUT2D eigenvalue weighted by Gasteiger charge is 2.15. The summed E-state index contributed by atoms with van der Waals surface area (Å²) < 4.78 is 5.20. The van der Waals surface area contributed by atoms with E-state index in [-0.39, 0.29) is 0 Å². The van der Waals surface area contributed by atoms with Crippen LogP contribution in [0.3, 0.4) is 0 Å². The van der Waals surface area contributed by atoms with E-state index in [2.05, 4.69) is 29.5 Å². The Kier molecular flexibility index (Phi) is 5.02. The van der Waals surface area contributed by atoms with Crippen molar-refractivity contribution < 1.29 is 4.74 Å². The molecule has 1 aliphatic rings. The molecule has 1 fully saturated rings. The lowest BCUT2D eigenvalue weighted by Crippen LogP contribution is -2.43. The normalized spacial score (nSPS) is 18.6. The van der Waals surface area contributed by atoms with Gasteiger partial charge in [0.15, 0.2) is 0 Å². The minimum atomic E-state index is 0.411. The van der Waals surface area contributed by atoms with E-state index in [1.165, 1.54) is 37.9 Å². The fourth-order valence-electron chi connectivity index (χ4n) is 2.48. The van der Waals surface area contributed by atoms with E-state index in [9.17, 15) is 0 Å². The predicted octanol–water partition coefficient (Wildman–Crippen LogP) is 3.14. The van der Waals surface area contributed by atoms with Gasteiger partial charge in [-0.25, -0.2) is 10.4 Å². The van der Waals surface area contributed by atoms with Gasteiger partial charge in [-0.1, -0.05) is 25.5 Å². The molecule has 100 valence electrons. The fraction of sp³-hybridized carbons (Fsp3) is 0.600. The van der Waals surface area contributed by atoms with Gasteiger partial charge in [0.25, 0.3) is 0 Å². The standard InChI is InChI=1S/C15H24N2O/c1-3-15(16-17-11-5-4-6-12-17)13-7-9-14(18-2)10-8-13/h7-10,15-16H,3-6,11-12H2,1-2H3. The van der Waals surface area contributed by atoms with Gasteiger partial charge in [0.05, 0.1) is 7.11 Å². The van der Waals surface area contributed by atoms with Gasteiger partial charge in [-0.05, 0) is 37.0 Å². The Labute approximate surface area is 110 Å². The first-order valence-corrected chi connectivity index (χ1v) is 6.98. The van der Waals surface area contributed by atoms with Crippen molar-refractivity contribution in [3.63, 3.8) is 0 Å². The number of nitrogens with one attached hydrogen (secondary N) is 1. The zero-order valence-corrected chi connectivity index (χ0v) is 11.5. The largest absolute Gasteiger partial charge is 0.497 e. The third-order valence-electron chi connectivity index (χ3n) is 3.62. The Balaban J connectivity index is 1.97. The van der Waals surface area contributed by atoms with Crippen molar-refractivity contribution >= 4 is 0 Å². The summed E-state index contributed by atoms with van der Waals surface area (Å²) in [5, 5.41) is 2.38. The summed E-state index contributed by atoms with van der Waals surface area (Å²) in [5.41, 5.74) is 4.99. The van der Waals surface area contributed by atoms with Crippen LogP contribution < -0.4 is 10.2 Å². The first kappa shape index (κ1) is 13.4. The molecule has 1 saturated heterocycles. The molecule has 1 heterocycles. The van der Waals surface area contributed by atoms with E-state index >= 15 is 0 Å². The second-order valence-electron chi connectivity index (χ2n) is 4.91. The van der Waals surface area contributed by atoms with Crippen molar-refractivity contribution in [2.75, 3.05) is 20.2 Å². The van der Waals surface area contributed by atoms with Crippen LogP contribution in [0.5, 0.6) is 5.75 Å². The molecule has 0 saturated carbocycles. The molecule has 1 aromatic rings. The molecule has 1 unspecified atom stereocenters. The first-order chi connectivity index (χ1) is 8.83. The van der Waals surface area contributed by atoms with Crippen LogP contribution in [0, 0.1) is 0 Å². The van der Waals surface area contributed by atoms with Gasteiger partial charge in [0.2, 0.25) is 0 Å². The average Bonchev–Trinajstić information content (AvgIpc) is 2.46. The zero-order chi connectivity index (χ0) is 12.8. The summed E-state index contributed by atoms with van der Waals surface area (Å²) in [4.78, 5) is 0. The van der Waals surface area contributed by atoms with Crippen molar-refractivity contribution in [1.29, 1.82) is 0 Å². The van der Waals surface area contributed by atoms with Gasteiger partial charge in [-0.15, -0.1) is 0 Å². The van der Waals surface area contributed by atoms with Gasteiger partial charge in [0, 0.05) is 19.1 Å². The molecule has 18 heavy (non-hydrogen) atoms. The zero-order valence-electron chi connectivity index (χ0n) is 11.5. The van der Waals surface area contributed by atoms with E-state index in [1.807, 2.05) is 12.1 Å². The third-order valence-corrected chi connectivity index (χ3v) is 3.62. The van der Waals surface area contributed by atoms with E-state index in [0.717, 1.165) is 12.2 Å². The maximum atomic E-state index is 5.20. The highest BCUT2D eigenvalue weighted by Crippen LogP contribution is 2.21. The summed E-state index contributed by atoms with van der Waals surface area (Å²) in [6.45, 7) is 4.57. The number of piperidine rings is 1. The highest BCUT2D eigenvalue weighted by atomic mass is 16.5. The number of hydrogen-bond donors (Lipinski definition) is 1. The number of benzene rings is 1. The number of hydrogen-bond acceptors (Lipinski definition) is 3. The predicted molar refractivity (Wildman–Crippen MR) is 74.6 cm³/mol. The molecule has 1 aromatic carbocycles. The van der Waals surface area contributed by atoms with Gasteiger partial charge in [-0.3, -0.25) is 0 Å². The van der Waals surface area contributed by atoms with Crippen LogP contribution in [0.4, 0.5) is 0 Å². The van der Waals surface area contributed by atoms with Crippen molar-refractivity contribution in [1.82, 2.24) is 10.4 Å². The van der Waals surface area contributed by atoms with Crippen LogP contribution in [0.2, 0.25) is 0 Å². The first-order valence-electron chi connectivity index (χ1n) is 6.98. The Hall–Kier alpha value is -1.06. The van der Waals surface area contributed by atoms with Crippen LogP contribution in [-0.2, 0) is 0 Å². The van der Waals surface area contributed by atoms with Crippen LogP contribution in [0.1, 0.15) is 44.2 Å². The number of hydrazine groups is 1. The van der Waals surface area contributed by atoms with Crippen LogP contribution in [-0.4, -0.2) is 25.2 Å². The molecule has 0 radical (unpaired) electrons. The summed E-state index contributed by atoms with van der Waals surface area (Å²) in [5.74, 6) is 0.923. The van der Waals surface area contributed by atoms with Crippen LogP contribution >= 0.6 is 0 Å². The molecular formula is C15H24N2O. The maximum absolute atomic E-state index is 5.20. The van der Waals surface area contributed by atoms with E-state index in [0.29, 0.717) is 6.04 Å². The topological polar surface area (TPSA) is 24.5 Å². The van der Waals surface area contributed by atoms with Crippen LogP contribution in [0.25, 0.3) is 0 Å². The maximum Gasteiger partial charge on any atom is 0.118 e. The molecule has 3 nitrogen and oxygen atoms in total. The minimum absolute atomic E-state index is 0.411. The lowest BCUT2D eigenvalue weighted by molar-refractivity contribution is 0.126. The van der Waals surface area contributed by atoms with Gasteiger partial charge < -0.3 is 4.74 Å². The molecule has 3 heteroatoms. The van der Waals surface area contributed by atoms with E-state index in [4.69, 9.17) is 4.74 Å². The summed E-state index contributed by atoms with van der Waals surface area (Å²) in [6.07, 6.45) is 5.10. The Morgan fingerprint density at radius 1 is 1.17 bits per heavy atom. The lowest BCUT2D eigenvalue weighted by atomic mass is 10.0. The Morgan fingerprint density at radius 2 is 1.83 bits per heavy atom. The van der Waals surface area contributed by atoms with Crippen molar-refractivity contribution in [2.24, 2.45) is 0 Å². The molecule has 2 rings (SSSR count). The second kappa shape index (κ2) is 6.76. The molecule has 1 atom stereocenters. The summed E-state index contributed by atoms with van der Waals surface area (Å²) >= 11 is 0. The number of methoxy groups -OCH3 is 1. The molecule has 1 N–H and O–H groups in total. The average molecular weight is 248 g/mol. The van der Waals surface area contributed by atoms with E-state index < -0.39 is 0 Å². The van der Waals surface area contributed by atoms with Gasteiger partial charge >= 0.3 is 0 Å². The minimum Gasteiger partial charge on any atom is -0.497 e. The number of ether oxygens (including phenoxy) is 1. The number of rotatable bonds is 5. The lowest BCUT2D eigenvalue weighted by Gasteiger charge is -2.31. The number of nitrogens with zero attached hydrogens (tertiary/aromatic N) is 1. The summed E-state index contributed by atoms with van der Waals surface area (Å²) in [7, 11) is 1.71. The molecule has 0 aromatic heterocycles. The second-order valence-corrected chi connectivity index (χ2v) is 4.91. The van der Waals surface area contributed by atoms with Crippen molar-refractivity contribution in [3.8, 4) is 5.75 Å². The summed E-state index contributed by atoms with van der Waals surface area (Å²) in [6, 6.07) is 8.80. The van der Waals surface area contributed by atoms with Gasteiger partial charge in [-0.2, -0.15) is 0 Å². The van der Waals surface area contributed by atoms with Crippen molar-refractivity contribution in [2.45, 2.75) is 38.6 Å². The Bertz CT molecular complexity index is 344. The van der Waals surface area contributed by atoms with Crippen molar-refractivity contribution in [3.05, 3.63) is 29.8 Å². The van der Waals surface area contributed by atoms with Gasteiger partial charge in [0.1, 0.15) is 5.75 Å². The fourth-order valence-corrected chi connectivity index (χ4v) is 2.48. The quantitative estimate of drug-likeness (QED) is 0.866.